The number of benzene rings is 3. The molecule has 3 aromatic rings. The number of hydrogen-bond acceptors (Lipinski definition) is 7. The number of aliphatic imine (C=N–C) groups is 1. The normalized spacial score (nSPS) is 20.9. The monoisotopic (exact) mass is 510 g/mol. The number of phenolic OH excluding ortho intramolecular Hbond substituents is 1. The predicted molar refractivity (Wildman–Crippen MR) is 141 cm³/mol. The van der Waals surface area contributed by atoms with Gasteiger partial charge in [-0.1, -0.05) is 66.7 Å². The molecule has 5 rings (SSSR count). The third kappa shape index (κ3) is 4.85. The summed E-state index contributed by atoms with van der Waals surface area (Å²) >= 11 is 0. The number of allylic oxidation sites excluding steroid dienone is 2. The van der Waals surface area contributed by atoms with Gasteiger partial charge in [0.1, 0.15) is 12.5 Å². The molecular weight excluding hydrogens is 484 g/mol. The van der Waals surface area contributed by atoms with Gasteiger partial charge in [0.25, 0.3) is 0 Å². The molecule has 192 valence electrons. The average Bonchev–Trinajstić information content (AvgIpc) is 2.92. The second-order valence-electron chi connectivity index (χ2n) is 9.61. The van der Waals surface area contributed by atoms with Crippen molar-refractivity contribution < 1.29 is 24.4 Å². The second-order valence-corrected chi connectivity index (χ2v) is 9.61. The zero-order chi connectivity index (χ0) is 26.8. The summed E-state index contributed by atoms with van der Waals surface area (Å²) < 4.78 is 5.66. The summed E-state index contributed by atoms with van der Waals surface area (Å²) in [5.74, 6) is -3.04. The minimum atomic E-state index is -0.946. The number of ketones is 1. The van der Waals surface area contributed by atoms with Gasteiger partial charge in [-0.25, -0.2) is 0 Å². The third-order valence-corrected chi connectivity index (χ3v) is 7.19. The molecule has 1 unspecified atom stereocenters. The SMILES string of the molecule is CC1=NC2=C(C(=O)C[C@@H](c3ccccc3)C2)[C@@H](c2ccc(O)c([N+](=O)[O-])c2)C1C(=O)OCc1ccccc1. The lowest BCUT2D eigenvalue weighted by Crippen LogP contribution is -2.38. The summed E-state index contributed by atoms with van der Waals surface area (Å²) in [5.41, 5.74) is 3.16. The lowest BCUT2D eigenvalue weighted by atomic mass is 9.69. The molecular formula is C30H26N2O6. The van der Waals surface area contributed by atoms with E-state index in [-0.39, 0.29) is 24.7 Å². The number of carbonyl (C=O) groups excluding carboxylic acids is 2. The van der Waals surface area contributed by atoms with Crippen LogP contribution in [0.4, 0.5) is 5.69 Å². The van der Waals surface area contributed by atoms with E-state index < -0.39 is 34.2 Å². The van der Waals surface area contributed by atoms with E-state index in [0.29, 0.717) is 29.0 Å². The van der Waals surface area contributed by atoms with Crippen LogP contribution in [0.25, 0.3) is 0 Å². The minimum absolute atomic E-state index is 0.0435. The fourth-order valence-corrected chi connectivity index (χ4v) is 5.38. The summed E-state index contributed by atoms with van der Waals surface area (Å²) in [6.45, 7) is 1.76. The topological polar surface area (TPSA) is 119 Å². The maximum absolute atomic E-state index is 13.7. The lowest BCUT2D eigenvalue weighted by Gasteiger charge is -2.36. The first-order valence-electron chi connectivity index (χ1n) is 12.4. The fourth-order valence-electron chi connectivity index (χ4n) is 5.38. The molecule has 1 heterocycles. The highest BCUT2D eigenvalue weighted by Gasteiger charge is 2.45. The number of Topliss-reactive ketones (excluding diaryl/α,β-unsaturated/α-hetero) is 1. The number of esters is 1. The third-order valence-electron chi connectivity index (χ3n) is 7.19. The van der Waals surface area contributed by atoms with E-state index in [1.54, 1.807) is 6.92 Å². The Morgan fingerprint density at radius 1 is 1.03 bits per heavy atom. The molecule has 1 aliphatic heterocycles. The van der Waals surface area contributed by atoms with E-state index in [1.165, 1.54) is 18.2 Å². The van der Waals surface area contributed by atoms with E-state index >= 15 is 0 Å². The zero-order valence-electron chi connectivity index (χ0n) is 20.7. The average molecular weight is 511 g/mol. The van der Waals surface area contributed by atoms with Crippen molar-refractivity contribution in [3.05, 3.63) is 117 Å². The van der Waals surface area contributed by atoms with Crippen molar-refractivity contribution in [3.8, 4) is 5.75 Å². The quantitative estimate of drug-likeness (QED) is 0.261. The standard InChI is InChI=1S/C30H26N2O6/c1-18-27(30(35)38-17-19-8-4-2-5-9-19)28(21-12-13-25(33)24(15-21)32(36)37)29-23(31-18)14-22(16-26(29)34)20-10-6-3-7-11-20/h2-13,15,22,27-28,33H,14,16-17H2,1H3/t22-,27?,28-/m0/s1. The summed E-state index contributed by atoms with van der Waals surface area (Å²) in [6, 6.07) is 22.9. The number of carbonyl (C=O) groups is 2. The van der Waals surface area contributed by atoms with Crippen molar-refractivity contribution in [2.75, 3.05) is 0 Å². The van der Waals surface area contributed by atoms with Crippen LogP contribution in [-0.2, 0) is 20.9 Å². The zero-order valence-corrected chi connectivity index (χ0v) is 20.7. The maximum Gasteiger partial charge on any atom is 0.315 e. The predicted octanol–water partition coefficient (Wildman–Crippen LogP) is 5.62. The molecule has 8 heteroatoms. The number of nitro groups is 1. The Bertz CT molecular complexity index is 1460. The summed E-state index contributed by atoms with van der Waals surface area (Å²) in [5, 5.41) is 21.6. The minimum Gasteiger partial charge on any atom is -0.502 e. The van der Waals surface area contributed by atoms with Gasteiger partial charge in [-0.3, -0.25) is 24.7 Å². The molecule has 0 saturated heterocycles. The summed E-state index contributed by atoms with van der Waals surface area (Å²) in [7, 11) is 0. The molecule has 0 saturated carbocycles. The first kappa shape index (κ1) is 25.1. The first-order chi connectivity index (χ1) is 18.3. The number of phenols is 1. The Labute approximate surface area is 219 Å². The Balaban J connectivity index is 1.56. The lowest BCUT2D eigenvalue weighted by molar-refractivity contribution is -0.385. The van der Waals surface area contributed by atoms with Gasteiger partial charge in [0.05, 0.1) is 4.92 Å². The molecule has 0 bridgehead atoms. The highest BCUT2D eigenvalue weighted by molar-refractivity contribution is 6.09. The highest BCUT2D eigenvalue weighted by atomic mass is 16.6. The Kier molecular flexibility index (Phi) is 6.87. The molecule has 2 aliphatic rings. The van der Waals surface area contributed by atoms with Crippen LogP contribution in [0.1, 0.15) is 48.3 Å². The molecule has 3 aromatic carbocycles. The molecule has 0 fully saturated rings. The van der Waals surface area contributed by atoms with Gasteiger partial charge in [0.2, 0.25) is 0 Å². The van der Waals surface area contributed by atoms with Crippen LogP contribution >= 0.6 is 0 Å². The fraction of sp³-hybridized carbons (Fsp3) is 0.233. The highest BCUT2D eigenvalue weighted by Crippen LogP contribution is 2.47. The van der Waals surface area contributed by atoms with Crippen LogP contribution in [0.15, 0.2) is 95.1 Å². The molecule has 1 N–H and O–H groups in total. The number of nitrogens with zero attached hydrogens (tertiary/aromatic N) is 2. The number of aromatic hydroxyl groups is 1. The molecule has 0 aromatic heterocycles. The van der Waals surface area contributed by atoms with Gasteiger partial charge in [0.15, 0.2) is 11.5 Å². The van der Waals surface area contributed by atoms with Crippen molar-refractivity contribution in [1.82, 2.24) is 0 Å². The van der Waals surface area contributed by atoms with Crippen LogP contribution in [0.3, 0.4) is 0 Å². The van der Waals surface area contributed by atoms with Crippen LogP contribution in [0.2, 0.25) is 0 Å². The Morgan fingerprint density at radius 2 is 1.71 bits per heavy atom. The van der Waals surface area contributed by atoms with E-state index in [0.717, 1.165) is 11.1 Å². The molecule has 1 aliphatic carbocycles. The number of hydrogen-bond donors (Lipinski definition) is 1. The van der Waals surface area contributed by atoms with Crippen LogP contribution in [0.5, 0.6) is 5.75 Å². The van der Waals surface area contributed by atoms with Gasteiger partial charge in [-0.2, -0.15) is 0 Å². The van der Waals surface area contributed by atoms with E-state index in [4.69, 9.17) is 9.73 Å². The van der Waals surface area contributed by atoms with Crippen molar-refractivity contribution >= 4 is 23.2 Å². The molecule has 3 atom stereocenters. The molecule has 8 nitrogen and oxygen atoms in total. The van der Waals surface area contributed by atoms with Crippen LogP contribution in [-0.4, -0.2) is 27.5 Å². The van der Waals surface area contributed by atoms with Crippen molar-refractivity contribution in [1.29, 1.82) is 0 Å². The smallest absolute Gasteiger partial charge is 0.315 e. The van der Waals surface area contributed by atoms with E-state index in [9.17, 15) is 24.8 Å². The van der Waals surface area contributed by atoms with Crippen molar-refractivity contribution in [2.45, 2.75) is 38.2 Å². The largest absolute Gasteiger partial charge is 0.502 e. The van der Waals surface area contributed by atoms with Gasteiger partial charge < -0.3 is 9.84 Å². The van der Waals surface area contributed by atoms with Crippen molar-refractivity contribution in [3.63, 3.8) is 0 Å². The molecule has 38 heavy (non-hydrogen) atoms. The van der Waals surface area contributed by atoms with E-state index in [2.05, 4.69) is 0 Å². The Hall–Kier alpha value is -4.59. The van der Waals surface area contributed by atoms with Crippen LogP contribution in [0, 0.1) is 16.0 Å². The summed E-state index contributed by atoms with van der Waals surface area (Å²) in [6.07, 6.45) is 0.741. The van der Waals surface area contributed by atoms with Gasteiger partial charge in [-0.15, -0.1) is 0 Å². The van der Waals surface area contributed by atoms with Crippen molar-refractivity contribution in [2.24, 2.45) is 10.9 Å². The Morgan fingerprint density at radius 3 is 2.39 bits per heavy atom. The first-order valence-corrected chi connectivity index (χ1v) is 12.4. The van der Waals surface area contributed by atoms with Gasteiger partial charge in [-0.05, 0) is 42.0 Å². The van der Waals surface area contributed by atoms with Gasteiger partial charge in [0, 0.05) is 35.4 Å². The summed E-state index contributed by atoms with van der Waals surface area (Å²) in [4.78, 5) is 42.8. The number of ether oxygens (including phenoxy) is 1. The van der Waals surface area contributed by atoms with Crippen LogP contribution < -0.4 is 0 Å². The number of rotatable bonds is 6. The number of nitro benzene ring substituents is 1. The molecule has 0 amide bonds. The maximum atomic E-state index is 13.7. The second kappa shape index (κ2) is 10.4. The molecule has 0 spiro atoms. The van der Waals surface area contributed by atoms with E-state index in [1.807, 2.05) is 60.7 Å². The molecule has 0 radical (unpaired) electrons. The van der Waals surface area contributed by atoms with Gasteiger partial charge >= 0.3 is 11.7 Å².